The minimum atomic E-state index is -0.933. The van der Waals surface area contributed by atoms with E-state index in [0.717, 1.165) is 24.2 Å². The molecule has 2 aliphatic heterocycles. The number of urea groups is 1. The number of Topliss-reactive ketones (excluding diaryl/α,β-unsaturated/α-hetero) is 1. The molecule has 9 heteroatoms. The molecule has 2 fully saturated rings. The summed E-state index contributed by atoms with van der Waals surface area (Å²) < 4.78 is 15.4. The zero-order valence-corrected chi connectivity index (χ0v) is 16.1. The monoisotopic (exact) mass is 402 g/mol. The van der Waals surface area contributed by atoms with Crippen molar-refractivity contribution in [2.75, 3.05) is 19.9 Å². The lowest BCUT2D eigenvalue weighted by Crippen LogP contribution is -2.54. The van der Waals surface area contributed by atoms with Crippen LogP contribution in [-0.2, 0) is 14.3 Å². The van der Waals surface area contributed by atoms with Crippen molar-refractivity contribution >= 4 is 23.7 Å². The predicted molar refractivity (Wildman–Crippen MR) is 98.5 cm³/mol. The van der Waals surface area contributed by atoms with Crippen LogP contribution in [-0.4, -0.2) is 54.1 Å². The van der Waals surface area contributed by atoms with Gasteiger partial charge in [0.1, 0.15) is 12.1 Å². The number of carbonyl (C=O) groups excluding carboxylic acids is 4. The standard InChI is InChI=1S/C20H22N2O7/c1-12-4-2-3-7-20(12)18(25)22(19(26)21-20)9-17(24)27-10-14(23)13-5-6-15-16(8-13)29-11-28-15/h5-6,8,12H,2-4,7,9-11H2,1H3,(H,21,26)/t12-,20+/m0/s1. The number of benzene rings is 1. The van der Waals surface area contributed by atoms with Crippen molar-refractivity contribution in [1.29, 1.82) is 0 Å². The molecule has 154 valence electrons. The van der Waals surface area contributed by atoms with Crippen LogP contribution in [0.5, 0.6) is 11.5 Å². The number of nitrogens with zero attached hydrogens (tertiary/aromatic N) is 1. The number of amides is 3. The molecule has 1 aliphatic carbocycles. The van der Waals surface area contributed by atoms with E-state index in [0.29, 0.717) is 23.5 Å². The first-order valence-electron chi connectivity index (χ1n) is 9.63. The summed E-state index contributed by atoms with van der Waals surface area (Å²) in [4.78, 5) is 50.5. The highest BCUT2D eigenvalue weighted by atomic mass is 16.7. The fourth-order valence-electron chi connectivity index (χ4n) is 4.11. The molecule has 1 saturated heterocycles. The lowest BCUT2D eigenvalue weighted by molar-refractivity contribution is -0.147. The molecule has 4 rings (SSSR count). The number of hydrogen-bond donors (Lipinski definition) is 1. The molecular formula is C20H22N2O7. The van der Waals surface area contributed by atoms with E-state index in [1.54, 1.807) is 12.1 Å². The van der Waals surface area contributed by atoms with Crippen LogP contribution in [0.1, 0.15) is 43.0 Å². The van der Waals surface area contributed by atoms with Crippen LogP contribution in [0.3, 0.4) is 0 Å². The molecule has 0 unspecified atom stereocenters. The fraction of sp³-hybridized carbons (Fsp3) is 0.500. The Hall–Kier alpha value is -3.10. The maximum atomic E-state index is 12.8. The second-order valence-electron chi connectivity index (χ2n) is 7.59. The zero-order chi connectivity index (χ0) is 20.6. The molecule has 2 heterocycles. The molecule has 3 aliphatic rings. The van der Waals surface area contributed by atoms with E-state index in [1.807, 2.05) is 6.92 Å². The molecule has 29 heavy (non-hydrogen) atoms. The van der Waals surface area contributed by atoms with Crippen LogP contribution in [0.4, 0.5) is 4.79 Å². The molecule has 1 saturated carbocycles. The highest BCUT2D eigenvalue weighted by Gasteiger charge is 2.55. The van der Waals surface area contributed by atoms with Gasteiger partial charge in [0.25, 0.3) is 5.91 Å². The number of ketones is 1. The summed E-state index contributed by atoms with van der Waals surface area (Å²) >= 11 is 0. The van der Waals surface area contributed by atoms with Gasteiger partial charge in [-0.05, 0) is 37.0 Å². The van der Waals surface area contributed by atoms with Crippen molar-refractivity contribution < 1.29 is 33.4 Å². The summed E-state index contributed by atoms with van der Waals surface area (Å²) in [6.45, 7) is 1.01. The second-order valence-corrected chi connectivity index (χ2v) is 7.59. The van der Waals surface area contributed by atoms with Gasteiger partial charge >= 0.3 is 12.0 Å². The molecule has 0 bridgehead atoms. The van der Waals surface area contributed by atoms with Crippen molar-refractivity contribution in [2.24, 2.45) is 5.92 Å². The topological polar surface area (TPSA) is 111 Å². The van der Waals surface area contributed by atoms with E-state index in [4.69, 9.17) is 14.2 Å². The first-order chi connectivity index (χ1) is 13.9. The summed E-state index contributed by atoms with van der Waals surface area (Å²) in [7, 11) is 0. The van der Waals surface area contributed by atoms with E-state index < -0.39 is 42.4 Å². The Morgan fingerprint density at radius 2 is 2.03 bits per heavy atom. The Labute approximate surface area is 167 Å². The number of ether oxygens (including phenoxy) is 3. The predicted octanol–water partition coefficient (Wildman–Crippen LogP) is 1.64. The van der Waals surface area contributed by atoms with Crippen molar-refractivity contribution in [3.63, 3.8) is 0 Å². The Balaban J connectivity index is 1.34. The number of hydrogen-bond acceptors (Lipinski definition) is 7. The first-order valence-corrected chi connectivity index (χ1v) is 9.63. The van der Waals surface area contributed by atoms with Crippen LogP contribution >= 0.6 is 0 Å². The minimum absolute atomic E-state index is 0.00121. The summed E-state index contributed by atoms with van der Waals surface area (Å²) in [5.41, 5.74) is -0.621. The summed E-state index contributed by atoms with van der Waals surface area (Å²) in [6.07, 6.45) is 3.26. The lowest BCUT2D eigenvalue weighted by Gasteiger charge is -2.36. The SMILES string of the molecule is C[C@H]1CCCC[C@@]12NC(=O)N(CC(=O)OCC(=O)c1ccc3c(c1)OCO3)C2=O. The van der Waals surface area contributed by atoms with Gasteiger partial charge in [0.05, 0.1) is 0 Å². The van der Waals surface area contributed by atoms with Gasteiger partial charge in [0.2, 0.25) is 6.79 Å². The molecule has 3 amide bonds. The minimum Gasteiger partial charge on any atom is -0.456 e. The van der Waals surface area contributed by atoms with Gasteiger partial charge in [-0.15, -0.1) is 0 Å². The van der Waals surface area contributed by atoms with Crippen LogP contribution in [0.15, 0.2) is 18.2 Å². The third kappa shape index (κ3) is 3.41. The number of nitrogens with one attached hydrogen (secondary N) is 1. The highest BCUT2D eigenvalue weighted by Crippen LogP contribution is 2.38. The highest BCUT2D eigenvalue weighted by molar-refractivity contribution is 6.09. The van der Waals surface area contributed by atoms with E-state index >= 15 is 0 Å². The second kappa shape index (κ2) is 7.38. The van der Waals surface area contributed by atoms with Gasteiger partial charge < -0.3 is 19.5 Å². The van der Waals surface area contributed by atoms with Gasteiger partial charge in [0.15, 0.2) is 23.9 Å². The molecule has 0 aromatic heterocycles. The number of esters is 1. The third-order valence-corrected chi connectivity index (χ3v) is 5.85. The molecule has 1 spiro atoms. The lowest BCUT2D eigenvalue weighted by atomic mass is 9.73. The Morgan fingerprint density at radius 1 is 1.24 bits per heavy atom. The number of rotatable bonds is 5. The summed E-state index contributed by atoms with van der Waals surface area (Å²) in [5.74, 6) is -0.638. The van der Waals surface area contributed by atoms with Gasteiger partial charge in [-0.2, -0.15) is 0 Å². The summed E-state index contributed by atoms with van der Waals surface area (Å²) in [6, 6.07) is 4.08. The van der Waals surface area contributed by atoms with Crippen LogP contribution in [0, 0.1) is 5.92 Å². The maximum Gasteiger partial charge on any atom is 0.326 e. The zero-order valence-electron chi connectivity index (χ0n) is 16.1. The van der Waals surface area contributed by atoms with Gasteiger partial charge in [-0.1, -0.05) is 19.8 Å². The number of fused-ring (bicyclic) bond motifs is 1. The first kappa shape index (κ1) is 19.2. The Bertz CT molecular complexity index is 884. The molecule has 1 aromatic rings. The van der Waals surface area contributed by atoms with E-state index in [-0.39, 0.29) is 12.7 Å². The van der Waals surface area contributed by atoms with Gasteiger partial charge in [0, 0.05) is 5.56 Å². The largest absolute Gasteiger partial charge is 0.456 e. The molecule has 1 aromatic carbocycles. The van der Waals surface area contributed by atoms with Crippen LogP contribution in [0.25, 0.3) is 0 Å². The van der Waals surface area contributed by atoms with E-state index in [9.17, 15) is 19.2 Å². The fourth-order valence-corrected chi connectivity index (χ4v) is 4.11. The number of imide groups is 1. The van der Waals surface area contributed by atoms with E-state index in [2.05, 4.69) is 5.32 Å². The maximum absolute atomic E-state index is 12.8. The molecular weight excluding hydrogens is 380 g/mol. The third-order valence-electron chi connectivity index (χ3n) is 5.85. The average molecular weight is 402 g/mol. The quantitative estimate of drug-likeness (QED) is 0.453. The van der Waals surface area contributed by atoms with Crippen LogP contribution in [0.2, 0.25) is 0 Å². The van der Waals surface area contributed by atoms with E-state index in [1.165, 1.54) is 6.07 Å². The van der Waals surface area contributed by atoms with Crippen molar-refractivity contribution in [3.8, 4) is 11.5 Å². The molecule has 0 radical (unpaired) electrons. The average Bonchev–Trinajstić information content (AvgIpc) is 3.27. The summed E-state index contributed by atoms with van der Waals surface area (Å²) in [5, 5.41) is 2.78. The molecule has 9 nitrogen and oxygen atoms in total. The van der Waals surface area contributed by atoms with Crippen molar-refractivity contribution in [1.82, 2.24) is 10.2 Å². The van der Waals surface area contributed by atoms with Crippen LogP contribution < -0.4 is 14.8 Å². The number of carbonyl (C=O) groups is 4. The Morgan fingerprint density at radius 3 is 2.83 bits per heavy atom. The molecule has 2 atom stereocenters. The Kier molecular flexibility index (Phi) is 4.89. The molecule has 1 N–H and O–H groups in total. The normalized spacial score (nSPS) is 25.3. The van der Waals surface area contributed by atoms with Crippen molar-refractivity contribution in [2.45, 2.75) is 38.1 Å². The van der Waals surface area contributed by atoms with Gasteiger partial charge in [-0.25, -0.2) is 4.79 Å². The smallest absolute Gasteiger partial charge is 0.326 e. The van der Waals surface area contributed by atoms with Crippen molar-refractivity contribution in [3.05, 3.63) is 23.8 Å². The van der Waals surface area contributed by atoms with Gasteiger partial charge in [-0.3, -0.25) is 19.3 Å².